The van der Waals surface area contributed by atoms with Gasteiger partial charge in [-0.2, -0.15) is 5.10 Å². The SMILES string of the molecule is CC1CCC(CO)CN1Cc1cnn(C)c1. The van der Waals surface area contributed by atoms with Gasteiger partial charge in [0.15, 0.2) is 0 Å². The van der Waals surface area contributed by atoms with Gasteiger partial charge in [-0.1, -0.05) is 0 Å². The zero-order chi connectivity index (χ0) is 11.5. The Morgan fingerprint density at radius 1 is 1.50 bits per heavy atom. The molecule has 2 unspecified atom stereocenters. The molecular formula is C12H21N3O. The summed E-state index contributed by atoms with van der Waals surface area (Å²) >= 11 is 0. The van der Waals surface area contributed by atoms with Crippen LogP contribution >= 0.6 is 0 Å². The fourth-order valence-corrected chi connectivity index (χ4v) is 2.42. The number of piperidine rings is 1. The Kier molecular flexibility index (Phi) is 3.61. The maximum absolute atomic E-state index is 9.22. The normalized spacial score (nSPS) is 27.2. The van der Waals surface area contributed by atoms with E-state index in [9.17, 15) is 5.11 Å². The summed E-state index contributed by atoms with van der Waals surface area (Å²) in [5.74, 6) is 0.452. The van der Waals surface area contributed by atoms with Crippen molar-refractivity contribution in [3.8, 4) is 0 Å². The standard InChI is InChI=1S/C12H21N3O/c1-10-3-4-11(9-16)7-15(10)8-12-5-13-14(2)6-12/h5-6,10-11,16H,3-4,7-9H2,1-2H3. The van der Waals surface area contributed by atoms with Crippen LogP contribution in [-0.2, 0) is 13.6 Å². The lowest BCUT2D eigenvalue weighted by Crippen LogP contribution is -2.42. The number of aryl methyl sites for hydroxylation is 1. The van der Waals surface area contributed by atoms with Crippen LogP contribution in [0.1, 0.15) is 25.3 Å². The van der Waals surface area contributed by atoms with E-state index in [1.807, 2.05) is 17.9 Å². The van der Waals surface area contributed by atoms with Crippen molar-refractivity contribution in [2.75, 3.05) is 13.2 Å². The lowest BCUT2D eigenvalue weighted by atomic mass is 9.94. The van der Waals surface area contributed by atoms with Crippen molar-refractivity contribution in [3.63, 3.8) is 0 Å². The Hall–Kier alpha value is -0.870. The molecule has 1 saturated heterocycles. The molecule has 0 radical (unpaired) electrons. The monoisotopic (exact) mass is 223 g/mol. The Bertz CT molecular complexity index is 337. The van der Waals surface area contributed by atoms with Crippen molar-refractivity contribution in [1.29, 1.82) is 0 Å². The molecule has 1 N–H and O–H groups in total. The number of aliphatic hydroxyl groups is 1. The number of hydrogen-bond donors (Lipinski definition) is 1. The van der Waals surface area contributed by atoms with E-state index in [2.05, 4.69) is 23.1 Å². The molecule has 2 atom stereocenters. The highest BCUT2D eigenvalue weighted by atomic mass is 16.3. The molecule has 1 aromatic heterocycles. The number of aromatic nitrogens is 2. The van der Waals surface area contributed by atoms with Crippen molar-refractivity contribution in [3.05, 3.63) is 18.0 Å². The largest absolute Gasteiger partial charge is 0.396 e. The summed E-state index contributed by atoms with van der Waals surface area (Å²) in [5.41, 5.74) is 1.26. The van der Waals surface area contributed by atoms with E-state index in [-0.39, 0.29) is 0 Å². The van der Waals surface area contributed by atoms with Crippen molar-refractivity contribution in [1.82, 2.24) is 14.7 Å². The van der Waals surface area contributed by atoms with E-state index in [0.29, 0.717) is 18.6 Å². The lowest BCUT2D eigenvalue weighted by molar-refractivity contribution is 0.0771. The van der Waals surface area contributed by atoms with Crippen LogP contribution in [0.2, 0.25) is 0 Å². The molecule has 4 nitrogen and oxygen atoms in total. The van der Waals surface area contributed by atoms with E-state index in [1.54, 1.807) is 0 Å². The fourth-order valence-electron chi connectivity index (χ4n) is 2.42. The maximum atomic E-state index is 9.22. The van der Waals surface area contributed by atoms with Gasteiger partial charge in [0.25, 0.3) is 0 Å². The van der Waals surface area contributed by atoms with Gasteiger partial charge in [-0.3, -0.25) is 9.58 Å². The van der Waals surface area contributed by atoms with E-state index in [0.717, 1.165) is 19.5 Å². The third-order valence-electron chi connectivity index (χ3n) is 3.51. The zero-order valence-electron chi connectivity index (χ0n) is 10.1. The van der Waals surface area contributed by atoms with Crippen molar-refractivity contribution in [2.24, 2.45) is 13.0 Å². The summed E-state index contributed by atoms with van der Waals surface area (Å²) in [5, 5.41) is 13.4. The van der Waals surface area contributed by atoms with Gasteiger partial charge >= 0.3 is 0 Å². The van der Waals surface area contributed by atoms with E-state index < -0.39 is 0 Å². The summed E-state index contributed by atoms with van der Waals surface area (Å²) in [4.78, 5) is 2.45. The third-order valence-corrected chi connectivity index (χ3v) is 3.51. The first kappa shape index (κ1) is 11.6. The van der Waals surface area contributed by atoms with Crippen molar-refractivity contribution in [2.45, 2.75) is 32.4 Å². The maximum Gasteiger partial charge on any atom is 0.0534 e. The fraction of sp³-hybridized carbons (Fsp3) is 0.750. The number of likely N-dealkylation sites (tertiary alicyclic amines) is 1. The van der Waals surface area contributed by atoms with Crippen LogP contribution in [0.15, 0.2) is 12.4 Å². The van der Waals surface area contributed by atoms with Crippen LogP contribution in [-0.4, -0.2) is 39.0 Å². The Labute approximate surface area is 96.9 Å². The number of nitrogens with zero attached hydrogens (tertiary/aromatic N) is 3. The van der Waals surface area contributed by atoms with E-state index in [4.69, 9.17) is 0 Å². The molecule has 0 amide bonds. The van der Waals surface area contributed by atoms with Gasteiger partial charge < -0.3 is 5.11 Å². The van der Waals surface area contributed by atoms with Crippen LogP contribution in [0.5, 0.6) is 0 Å². The van der Waals surface area contributed by atoms with Gasteiger partial charge in [0.1, 0.15) is 0 Å². The van der Waals surface area contributed by atoms with Gasteiger partial charge in [-0.15, -0.1) is 0 Å². The van der Waals surface area contributed by atoms with Gasteiger partial charge in [0, 0.05) is 44.5 Å². The highest BCUT2D eigenvalue weighted by molar-refractivity contribution is 5.04. The predicted molar refractivity (Wildman–Crippen MR) is 62.9 cm³/mol. The minimum Gasteiger partial charge on any atom is -0.396 e. The highest BCUT2D eigenvalue weighted by Gasteiger charge is 2.24. The van der Waals surface area contributed by atoms with E-state index in [1.165, 1.54) is 12.0 Å². The average molecular weight is 223 g/mol. The summed E-state index contributed by atoms with van der Waals surface area (Å²) in [6, 6.07) is 0.614. The Balaban J connectivity index is 1.96. The number of rotatable bonds is 3. The number of aliphatic hydroxyl groups excluding tert-OH is 1. The van der Waals surface area contributed by atoms with Gasteiger partial charge in [-0.25, -0.2) is 0 Å². The van der Waals surface area contributed by atoms with Crippen LogP contribution in [0.3, 0.4) is 0 Å². The second-order valence-corrected chi connectivity index (χ2v) is 4.93. The first-order valence-corrected chi connectivity index (χ1v) is 6.01. The van der Waals surface area contributed by atoms with Gasteiger partial charge in [0.2, 0.25) is 0 Å². The van der Waals surface area contributed by atoms with Gasteiger partial charge in [0.05, 0.1) is 6.20 Å². The minimum atomic E-state index is 0.316. The number of hydrogen-bond acceptors (Lipinski definition) is 3. The summed E-state index contributed by atoms with van der Waals surface area (Å²) in [6.07, 6.45) is 6.33. The van der Waals surface area contributed by atoms with Crippen LogP contribution < -0.4 is 0 Å². The summed E-state index contributed by atoms with van der Waals surface area (Å²) in [7, 11) is 1.94. The molecule has 0 spiro atoms. The highest BCUT2D eigenvalue weighted by Crippen LogP contribution is 2.23. The smallest absolute Gasteiger partial charge is 0.0534 e. The molecule has 1 aliphatic rings. The molecule has 1 fully saturated rings. The average Bonchev–Trinajstić information content (AvgIpc) is 2.67. The molecule has 0 aliphatic carbocycles. The molecule has 16 heavy (non-hydrogen) atoms. The molecule has 0 bridgehead atoms. The molecule has 1 aliphatic heterocycles. The Morgan fingerprint density at radius 3 is 2.94 bits per heavy atom. The molecule has 2 rings (SSSR count). The molecule has 0 aromatic carbocycles. The van der Waals surface area contributed by atoms with Crippen LogP contribution in [0, 0.1) is 5.92 Å². The molecule has 4 heteroatoms. The molecule has 2 heterocycles. The second-order valence-electron chi connectivity index (χ2n) is 4.93. The molecule has 90 valence electrons. The third kappa shape index (κ3) is 2.62. The topological polar surface area (TPSA) is 41.3 Å². The minimum absolute atomic E-state index is 0.316. The first-order chi connectivity index (χ1) is 7.69. The Morgan fingerprint density at radius 2 is 2.31 bits per heavy atom. The van der Waals surface area contributed by atoms with Crippen molar-refractivity contribution < 1.29 is 5.11 Å². The summed E-state index contributed by atoms with van der Waals surface area (Å²) in [6.45, 7) is 4.54. The van der Waals surface area contributed by atoms with E-state index >= 15 is 0 Å². The summed E-state index contributed by atoms with van der Waals surface area (Å²) < 4.78 is 1.84. The lowest BCUT2D eigenvalue weighted by Gasteiger charge is -2.37. The second kappa shape index (κ2) is 4.97. The van der Waals surface area contributed by atoms with Crippen LogP contribution in [0.25, 0.3) is 0 Å². The zero-order valence-corrected chi connectivity index (χ0v) is 10.1. The molecule has 1 aromatic rings. The first-order valence-electron chi connectivity index (χ1n) is 6.01. The quantitative estimate of drug-likeness (QED) is 0.831. The van der Waals surface area contributed by atoms with Crippen molar-refractivity contribution >= 4 is 0 Å². The predicted octanol–water partition coefficient (Wildman–Crippen LogP) is 1.01. The van der Waals surface area contributed by atoms with Gasteiger partial charge in [-0.05, 0) is 25.7 Å². The molecule has 0 saturated carbocycles. The van der Waals surface area contributed by atoms with Crippen LogP contribution in [0.4, 0.5) is 0 Å². The molecular weight excluding hydrogens is 202 g/mol.